The maximum absolute atomic E-state index is 11.6. The number of fused-ring (bicyclic) bond motifs is 1. The summed E-state index contributed by atoms with van der Waals surface area (Å²) in [6, 6.07) is 0.432. The summed E-state index contributed by atoms with van der Waals surface area (Å²) in [7, 11) is -1.09. The van der Waals surface area contributed by atoms with Gasteiger partial charge in [-0.3, -0.25) is 4.90 Å². The second-order valence-corrected chi connectivity index (χ2v) is 8.39. The van der Waals surface area contributed by atoms with Gasteiger partial charge < -0.3 is 9.67 Å². The third-order valence-electron chi connectivity index (χ3n) is 4.05. The first-order valence-electron chi connectivity index (χ1n) is 8.10. The molecule has 1 aliphatic rings. The number of nitrogens with zero attached hydrogens (tertiary/aromatic N) is 5. The Morgan fingerprint density at radius 3 is 2.26 bits per heavy atom. The van der Waals surface area contributed by atoms with E-state index in [0.29, 0.717) is 32.1 Å². The third-order valence-corrected chi connectivity index (χ3v) is 5.35. The Hall–Kier alpha value is -1.73. The van der Waals surface area contributed by atoms with Crippen LogP contribution in [0.2, 0.25) is 0 Å². The van der Waals surface area contributed by atoms with Crippen molar-refractivity contribution in [2.75, 3.05) is 26.4 Å². The molecule has 2 rings (SSSR count). The molecule has 0 saturated heterocycles. The quantitative estimate of drug-likeness (QED) is 0.766. The first-order valence-corrected chi connectivity index (χ1v) is 9.94. The molecule has 0 bridgehead atoms. The van der Waals surface area contributed by atoms with Crippen molar-refractivity contribution in [3.05, 3.63) is 11.6 Å². The molecule has 13 heteroatoms. The topological polar surface area (TPSA) is 109 Å². The molecule has 1 aromatic rings. The van der Waals surface area contributed by atoms with Gasteiger partial charge in [0.05, 0.1) is 12.8 Å². The second kappa shape index (κ2) is 8.97. The first-order chi connectivity index (χ1) is 12.2. The maximum atomic E-state index is 11.6. The van der Waals surface area contributed by atoms with Crippen LogP contribution in [-0.4, -0.2) is 82.1 Å². The molecule has 1 aromatic heterocycles. The predicted molar refractivity (Wildman–Crippen MR) is 90.4 cm³/mol. The van der Waals surface area contributed by atoms with Gasteiger partial charge in [0.2, 0.25) is 10.0 Å². The number of carboxylic acid groups (broad SMARTS) is 1. The van der Waals surface area contributed by atoms with Crippen molar-refractivity contribution in [3.63, 3.8) is 0 Å². The molecule has 0 radical (unpaired) electrons. The Labute approximate surface area is 155 Å². The lowest BCUT2D eigenvalue weighted by molar-refractivity contribution is -0.192. The van der Waals surface area contributed by atoms with Crippen molar-refractivity contribution < 1.29 is 31.5 Å². The van der Waals surface area contributed by atoms with E-state index in [1.807, 2.05) is 7.05 Å². The van der Waals surface area contributed by atoms with Crippen LogP contribution >= 0.6 is 0 Å². The Morgan fingerprint density at radius 2 is 1.81 bits per heavy atom. The largest absolute Gasteiger partial charge is 0.490 e. The minimum Gasteiger partial charge on any atom is -0.475 e. The van der Waals surface area contributed by atoms with Crippen LogP contribution in [-0.2, 0) is 34.3 Å². The zero-order valence-electron chi connectivity index (χ0n) is 15.6. The highest BCUT2D eigenvalue weighted by molar-refractivity contribution is 7.88. The van der Waals surface area contributed by atoms with Crippen molar-refractivity contribution in [2.45, 2.75) is 45.6 Å². The van der Waals surface area contributed by atoms with E-state index in [4.69, 9.17) is 9.90 Å². The van der Waals surface area contributed by atoms with E-state index in [9.17, 15) is 21.6 Å². The van der Waals surface area contributed by atoms with E-state index in [0.717, 1.165) is 18.2 Å². The van der Waals surface area contributed by atoms with Crippen molar-refractivity contribution in [1.82, 2.24) is 24.0 Å². The average Bonchev–Trinajstić information content (AvgIpc) is 2.75. The molecular formula is C14H24F3N5O4S. The van der Waals surface area contributed by atoms with Crippen molar-refractivity contribution in [2.24, 2.45) is 0 Å². The van der Waals surface area contributed by atoms with Gasteiger partial charge in [0.15, 0.2) is 0 Å². The lowest BCUT2D eigenvalue weighted by atomic mass is 10.3. The number of carbonyl (C=O) groups is 1. The molecule has 9 nitrogen and oxygen atoms in total. The monoisotopic (exact) mass is 415 g/mol. The summed E-state index contributed by atoms with van der Waals surface area (Å²) in [6.45, 7) is 6.58. The van der Waals surface area contributed by atoms with Gasteiger partial charge in [-0.1, -0.05) is 0 Å². The summed E-state index contributed by atoms with van der Waals surface area (Å²) in [6.07, 6.45) is -3.21. The van der Waals surface area contributed by atoms with Gasteiger partial charge in [0, 0.05) is 32.1 Å². The van der Waals surface area contributed by atoms with E-state index in [2.05, 4.69) is 33.5 Å². The van der Waals surface area contributed by atoms with Gasteiger partial charge in [-0.2, -0.15) is 17.5 Å². The number of aromatic nitrogens is 3. The molecule has 0 unspecified atom stereocenters. The van der Waals surface area contributed by atoms with E-state index in [1.54, 1.807) is 0 Å². The number of halogens is 3. The molecule has 1 aliphatic heterocycles. The molecule has 0 saturated carbocycles. The summed E-state index contributed by atoms with van der Waals surface area (Å²) in [5.41, 5.74) is 0. The van der Waals surface area contributed by atoms with Gasteiger partial charge >= 0.3 is 12.1 Å². The first kappa shape index (κ1) is 23.3. The lowest BCUT2D eigenvalue weighted by Gasteiger charge is -2.21. The second-order valence-electron chi connectivity index (χ2n) is 6.41. The lowest BCUT2D eigenvalue weighted by Crippen LogP contribution is -2.33. The number of carboxylic acids is 1. The van der Waals surface area contributed by atoms with Crippen LogP contribution in [0.25, 0.3) is 0 Å². The summed E-state index contributed by atoms with van der Waals surface area (Å²) >= 11 is 0. The molecule has 1 N–H and O–H groups in total. The number of hydrogen-bond acceptors (Lipinski definition) is 6. The molecule has 0 aliphatic carbocycles. The fourth-order valence-electron chi connectivity index (χ4n) is 2.22. The SMILES string of the molecule is CC(C)N(C)Cc1nnc2n1CCN(S(C)(=O)=O)CC2.O=C(O)C(F)(F)F. The fourth-order valence-corrected chi connectivity index (χ4v) is 3.05. The van der Waals surface area contributed by atoms with Gasteiger partial charge in [0.1, 0.15) is 11.6 Å². The van der Waals surface area contributed by atoms with E-state index in [-0.39, 0.29) is 0 Å². The molecule has 0 fully saturated rings. The van der Waals surface area contributed by atoms with E-state index < -0.39 is 22.2 Å². The van der Waals surface area contributed by atoms with Crippen LogP contribution in [0.4, 0.5) is 13.2 Å². The Balaban J connectivity index is 0.000000445. The Bertz CT molecular complexity index is 748. The highest BCUT2D eigenvalue weighted by Crippen LogP contribution is 2.14. The predicted octanol–water partition coefficient (Wildman–Crippen LogP) is 0.569. The van der Waals surface area contributed by atoms with Crippen LogP contribution in [0.3, 0.4) is 0 Å². The number of sulfonamides is 1. The van der Waals surface area contributed by atoms with Gasteiger partial charge in [-0.15, -0.1) is 10.2 Å². The number of rotatable bonds is 4. The number of aliphatic carboxylic acids is 1. The zero-order valence-corrected chi connectivity index (χ0v) is 16.4. The molecule has 0 atom stereocenters. The molecular weight excluding hydrogens is 391 g/mol. The number of hydrogen-bond donors (Lipinski definition) is 1. The standard InChI is InChI=1S/C12H23N5O2S.C2HF3O2/c1-10(2)15(3)9-12-14-13-11-5-6-16(20(4,18)19)7-8-17(11)12;3-2(4,5)1(6)7/h10H,5-9H2,1-4H3;(H,6,7). The van der Waals surface area contributed by atoms with E-state index in [1.165, 1.54) is 10.6 Å². The maximum Gasteiger partial charge on any atom is 0.490 e. The van der Waals surface area contributed by atoms with Crippen molar-refractivity contribution in [3.8, 4) is 0 Å². The molecule has 27 heavy (non-hydrogen) atoms. The average molecular weight is 415 g/mol. The minimum atomic E-state index is -5.08. The van der Waals surface area contributed by atoms with Gasteiger partial charge in [-0.25, -0.2) is 13.2 Å². The third kappa shape index (κ3) is 7.07. The molecule has 156 valence electrons. The minimum absolute atomic E-state index is 0.432. The molecule has 2 heterocycles. The fraction of sp³-hybridized carbons (Fsp3) is 0.786. The van der Waals surface area contributed by atoms with Crippen LogP contribution in [0, 0.1) is 0 Å². The molecule has 0 spiro atoms. The normalized spacial score (nSPS) is 15.9. The Kier molecular flexibility index (Phi) is 7.75. The summed E-state index contributed by atoms with van der Waals surface area (Å²) in [5.74, 6) is -0.970. The Morgan fingerprint density at radius 1 is 1.26 bits per heavy atom. The highest BCUT2D eigenvalue weighted by atomic mass is 32.2. The summed E-state index contributed by atoms with van der Waals surface area (Å²) in [5, 5.41) is 15.6. The van der Waals surface area contributed by atoms with Crippen LogP contribution in [0.1, 0.15) is 25.5 Å². The molecule has 0 amide bonds. The summed E-state index contributed by atoms with van der Waals surface area (Å²) in [4.78, 5) is 11.1. The van der Waals surface area contributed by atoms with Crippen LogP contribution in [0.5, 0.6) is 0 Å². The zero-order chi connectivity index (χ0) is 21.0. The summed E-state index contributed by atoms with van der Waals surface area (Å²) < 4.78 is 58.6. The van der Waals surface area contributed by atoms with Crippen molar-refractivity contribution >= 4 is 16.0 Å². The van der Waals surface area contributed by atoms with Crippen LogP contribution in [0.15, 0.2) is 0 Å². The van der Waals surface area contributed by atoms with Gasteiger partial charge in [0.25, 0.3) is 0 Å². The molecule has 0 aromatic carbocycles. The van der Waals surface area contributed by atoms with Crippen molar-refractivity contribution in [1.29, 1.82) is 0 Å². The highest BCUT2D eigenvalue weighted by Gasteiger charge is 2.38. The van der Waals surface area contributed by atoms with E-state index >= 15 is 0 Å². The number of alkyl halides is 3. The van der Waals surface area contributed by atoms with Gasteiger partial charge in [-0.05, 0) is 20.9 Å². The van der Waals surface area contributed by atoms with Crippen LogP contribution < -0.4 is 0 Å². The smallest absolute Gasteiger partial charge is 0.475 e.